The van der Waals surface area contributed by atoms with E-state index in [1.807, 2.05) is 41.8 Å². The number of para-hydroxylation sites is 1. The Morgan fingerprint density at radius 1 is 1.05 bits per heavy atom. The predicted molar refractivity (Wildman–Crippen MR) is 140 cm³/mol. The van der Waals surface area contributed by atoms with Crippen molar-refractivity contribution in [2.24, 2.45) is 0 Å². The normalized spacial score (nSPS) is 16.0. The molecule has 1 aliphatic carbocycles. The molecule has 1 fully saturated rings. The first kappa shape index (κ1) is 23.5. The smallest absolute Gasteiger partial charge is 0.249 e. The number of hydrogen-bond donors (Lipinski definition) is 1. The number of nitrogens with zero attached hydrogens (tertiary/aromatic N) is 4. The van der Waals surface area contributed by atoms with Crippen molar-refractivity contribution in [3.63, 3.8) is 0 Å². The average molecular weight is 518 g/mol. The molecule has 4 aromatic rings. The highest BCUT2D eigenvalue weighted by Gasteiger charge is 2.36. The lowest BCUT2D eigenvalue weighted by Gasteiger charge is -2.32. The summed E-state index contributed by atoms with van der Waals surface area (Å²) in [6.45, 7) is 0.0434. The van der Waals surface area contributed by atoms with Gasteiger partial charge >= 0.3 is 0 Å². The lowest BCUT2D eigenvalue weighted by molar-refractivity contribution is -0.127. The molecule has 0 spiro atoms. The molecule has 1 atom stereocenters. The molecular weight excluding hydrogens is 490 g/mol. The van der Waals surface area contributed by atoms with Gasteiger partial charge in [0.1, 0.15) is 18.1 Å². The highest BCUT2D eigenvalue weighted by Crippen LogP contribution is 2.39. The maximum atomic E-state index is 14.1. The summed E-state index contributed by atoms with van der Waals surface area (Å²) in [6, 6.07) is 15.9. The monoisotopic (exact) mass is 517 g/mol. The van der Waals surface area contributed by atoms with E-state index >= 15 is 0 Å². The van der Waals surface area contributed by atoms with Crippen LogP contribution in [-0.4, -0.2) is 39.6 Å². The van der Waals surface area contributed by atoms with E-state index in [2.05, 4.69) is 15.6 Å². The Kier molecular flexibility index (Phi) is 6.48. The zero-order valence-corrected chi connectivity index (χ0v) is 21.0. The molecule has 2 amide bonds. The second-order valence-electron chi connectivity index (χ2n) is 9.30. The van der Waals surface area contributed by atoms with Crippen LogP contribution in [0.1, 0.15) is 43.0 Å². The third-order valence-corrected chi connectivity index (χ3v) is 7.80. The van der Waals surface area contributed by atoms with Crippen LogP contribution in [-0.2, 0) is 16.1 Å². The maximum absolute atomic E-state index is 14.1. The molecule has 2 aromatic heterocycles. The number of carbonyl (C=O) groups excluding carboxylic acids is 2. The van der Waals surface area contributed by atoms with Gasteiger partial charge in [0.15, 0.2) is 11.5 Å². The average Bonchev–Trinajstić information content (AvgIpc) is 3.69. The molecule has 10 heteroatoms. The molecule has 0 saturated heterocycles. The molecule has 37 heavy (non-hydrogen) atoms. The van der Waals surface area contributed by atoms with Crippen LogP contribution in [0.3, 0.4) is 0 Å². The number of carbonyl (C=O) groups is 2. The highest BCUT2D eigenvalue weighted by molar-refractivity contribution is 7.10. The van der Waals surface area contributed by atoms with Gasteiger partial charge in [-0.2, -0.15) is 0 Å². The first-order chi connectivity index (χ1) is 18.2. The van der Waals surface area contributed by atoms with Crippen molar-refractivity contribution in [1.29, 1.82) is 0 Å². The van der Waals surface area contributed by atoms with E-state index in [9.17, 15) is 9.59 Å². The number of amides is 2. The van der Waals surface area contributed by atoms with E-state index in [0.29, 0.717) is 22.7 Å². The number of fused-ring (bicyclic) bond motifs is 2. The van der Waals surface area contributed by atoms with Crippen LogP contribution in [0.2, 0.25) is 0 Å². The number of rotatable bonds is 7. The van der Waals surface area contributed by atoms with E-state index in [1.165, 1.54) is 17.8 Å². The minimum Gasteiger partial charge on any atom is -0.454 e. The fraction of sp³-hybridized carbons (Fsp3) is 0.333. The molecule has 3 heterocycles. The van der Waals surface area contributed by atoms with Gasteiger partial charge in [-0.1, -0.05) is 42.7 Å². The number of aromatic nitrogens is 3. The van der Waals surface area contributed by atoms with Crippen molar-refractivity contribution in [2.45, 2.75) is 50.7 Å². The van der Waals surface area contributed by atoms with Crippen LogP contribution in [0, 0.1) is 0 Å². The number of hydrogen-bond acceptors (Lipinski definition) is 7. The fourth-order valence-corrected chi connectivity index (χ4v) is 5.87. The second kappa shape index (κ2) is 10.2. The van der Waals surface area contributed by atoms with Gasteiger partial charge in [0, 0.05) is 22.7 Å². The first-order valence-electron chi connectivity index (χ1n) is 12.5. The molecule has 6 rings (SSSR count). The van der Waals surface area contributed by atoms with E-state index in [-0.39, 0.29) is 31.2 Å². The molecule has 9 nitrogen and oxygen atoms in total. The molecular formula is C27H27N5O4S. The maximum Gasteiger partial charge on any atom is 0.249 e. The fourth-order valence-electron chi connectivity index (χ4n) is 5.06. The summed E-state index contributed by atoms with van der Waals surface area (Å²) in [5.41, 5.74) is 2.01. The quantitative estimate of drug-likeness (QED) is 0.389. The van der Waals surface area contributed by atoms with Crippen molar-refractivity contribution >= 4 is 39.9 Å². The second-order valence-corrected chi connectivity index (χ2v) is 10.3. The Morgan fingerprint density at radius 3 is 2.73 bits per heavy atom. The molecule has 190 valence electrons. The number of nitrogens with one attached hydrogen (secondary N) is 1. The van der Waals surface area contributed by atoms with Gasteiger partial charge in [0.25, 0.3) is 0 Å². The van der Waals surface area contributed by atoms with Gasteiger partial charge < -0.3 is 14.8 Å². The summed E-state index contributed by atoms with van der Waals surface area (Å²) in [4.78, 5) is 30.3. The van der Waals surface area contributed by atoms with E-state index in [4.69, 9.17) is 9.47 Å². The molecule has 2 aromatic carbocycles. The van der Waals surface area contributed by atoms with Crippen molar-refractivity contribution < 1.29 is 19.1 Å². The van der Waals surface area contributed by atoms with Crippen molar-refractivity contribution in [3.05, 3.63) is 64.9 Å². The summed E-state index contributed by atoms with van der Waals surface area (Å²) in [7, 11) is 0. The molecule has 1 N–H and O–H groups in total. The van der Waals surface area contributed by atoms with Crippen molar-refractivity contribution in [3.8, 4) is 11.5 Å². The van der Waals surface area contributed by atoms with Gasteiger partial charge in [0.2, 0.25) is 18.6 Å². The van der Waals surface area contributed by atoms with Gasteiger partial charge in [-0.25, -0.2) is 4.68 Å². The Balaban J connectivity index is 1.39. The van der Waals surface area contributed by atoms with Crippen LogP contribution in [0.15, 0.2) is 60.0 Å². The van der Waals surface area contributed by atoms with E-state index in [1.54, 1.807) is 27.8 Å². The Hall–Kier alpha value is -3.92. The number of ether oxygens (including phenoxy) is 2. The van der Waals surface area contributed by atoms with Crippen molar-refractivity contribution in [1.82, 2.24) is 20.3 Å². The first-order valence-corrected chi connectivity index (χ1v) is 13.4. The third-order valence-electron chi connectivity index (χ3n) is 6.88. The van der Waals surface area contributed by atoms with Gasteiger partial charge in [0.05, 0.1) is 5.52 Å². The molecule has 0 bridgehead atoms. The molecule has 1 aliphatic heterocycles. The summed E-state index contributed by atoms with van der Waals surface area (Å²) in [5, 5.41) is 13.5. The Morgan fingerprint density at radius 2 is 1.89 bits per heavy atom. The van der Waals surface area contributed by atoms with Gasteiger partial charge in [-0.05, 0) is 48.6 Å². The van der Waals surface area contributed by atoms with Crippen molar-refractivity contribution in [2.75, 3.05) is 11.7 Å². The zero-order valence-electron chi connectivity index (χ0n) is 20.2. The lowest BCUT2D eigenvalue weighted by atomic mass is 9.95. The van der Waals surface area contributed by atoms with Gasteiger partial charge in [-0.3, -0.25) is 14.5 Å². The van der Waals surface area contributed by atoms with Gasteiger partial charge in [-0.15, -0.1) is 16.4 Å². The largest absolute Gasteiger partial charge is 0.454 e. The molecule has 0 unspecified atom stereocenters. The molecule has 1 saturated carbocycles. The van der Waals surface area contributed by atoms with Crippen LogP contribution in [0.4, 0.5) is 5.69 Å². The Labute approximate surface area is 218 Å². The number of anilines is 1. The topological polar surface area (TPSA) is 98.6 Å². The summed E-state index contributed by atoms with van der Waals surface area (Å²) >= 11 is 1.45. The minimum atomic E-state index is -0.843. The third kappa shape index (κ3) is 4.76. The zero-order chi connectivity index (χ0) is 25.2. The minimum absolute atomic E-state index is 0.0759. The summed E-state index contributed by atoms with van der Waals surface area (Å²) < 4.78 is 12.7. The van der Waals surface area contributed by atoms with Crippen LogP contribution in [0.5, 0.6) is 11.5 Å². The standard InChI is InChI=1S/C27H27N5O4S/c33-25(16-31-21-10-5-4-9-20(21)29-30-31)32(19-12-13-22-23(15-19)36-17-35-22)26(24-11-6-14-37-24)27(34)28-18-7-2-1-3-8-18/h4-6,9-15,18,26H,1-3,7-8,16-17H2,(H,28,34)/t26-/m1/s1. The Bertz CT molecular complexity index is 1410. The van der Waals surface area contributed by atoms with Crippen LogP contribution >= 0.6 is 11.3 Å². The number of thiophene rings is 1. The van der Waals surface area contributed by atoms with Crippen LogP contribution < -0.4 is 19.7 Å². The summed E-state index contributed by atoms with van der Waals surface area (Å²) in [6.07, 6.45) is 5.28. The number of benzene rings is 2. The van der Waals surface area contributed by atoms with E-state index in [0.717, 1.165) is 36.1 Å². The predicted octanol–water partition coefficient (Wildman–Crippen LogP) is 4.44. The highest BCUT2D eigenvalue weighted by atomic mass is 32.1. The lowest BCUT2D eigenvalue weighted by Crippen LogP contribution is -2.48. The van der Waals surface area contributed by atoms with Crippen LogP contribution in [0.25, 0.3) is 11.0 Å². The molecule has 0 radical (unpaired) electrons. The summed E-state index contributed by atoms with van der Waals surface area (Å²) in [5.74, 6) is 0.674. The molecule has 2 aliphatic rings. The van der Waals surface area contributed by atoms with E-state index < -0.39 is 6.04 Å². The SMILES string of the molecule is O=C(NC1CCCCC1)[C@@H](c1cccs1)N(C(=O)Cn1nnc2ccccc21)c1ccc2c(c1)OCO2.